The van der Waals surface area contributed by atoms with E-state index in [0.717, 1.165) is 24.1 Å². The lowest BCUT2D eigenvalue weighted by Gasteiger charge is -1.99. The van der Waals surface area contributed by atoms with Gasteiger partial charge in [-0.3, -0.25) is 4.79 Å². The Morgan fingerprint density at radius 2 is 1.94 bits per heavy atom. The van der Waals surface area contributed by atoms with Crippen LogP contribution in [0, 0.1) is 0 Å². The summed E-state index contributed by atoms with van der Waals surface area (Å²) >= 11 is 0. The second kappa shape index (κ2) is 5.30. The number of carbonyl (C=O) groups excluding carboxylic acids is 1. The van der Waals surface area contributed by atoms with E-state index in [4.69, 9.17) is 0 Å². The fourth-order valence-corrected chi connectivity index (χ4v) is 1.71. The van der Waals surface area contributed by atoms with Crippen molar-refractivity contribution in [3.8, 4) is 0 Å². The Bertz CT molecular complexity index is 511. The Balaban J connectivity index is 2.15. The maximum absolute atomic E-state index is 12.1. The molecule has 0 atom stereocenters. The quantitative estimate of drug-likeness (QED) is 0.565. The van der Waals surface area contributed by atoms with E-state index in [1.54, 1.807) is 0 Å². The third kappa shape index (κ3) is 2.72. The van der Waals surface area contributed by atoms with Crippen LogP contribution in [0.25, 0.3) is 0 Å². The molecule has 1 heterocycles. The molecule has 0 aliphatic rings. The fraction of sp³-hybridized carbons (Fsp3) is 0.133. The van der Waals surface area contributed by atoms with Crippen LogP contribution in [0.1, 0.15) is 22.3 Å². The molecule has 0 spiro atoms. The molecule has 0 amide bonds. The number of aryl methyl sites for hydroxylation is 1. The molecule has 2 nitrogen and oxygen atoms in total. The molecule has 17 heavy (non-hydrogen) atoms. The van der Waals surface area contributed by atoms with Gasteiger partial charge >= 0.3 is 0 Å². The summed E-state index contributed by atoms with van der Waals surface area (Å²) in [6, 6.07) is 11.2. The molecule has 2 rings (SSSR count). The van der Waals surface area contributed by atoms with Crippen molar-refractivity contribution in [1.29, 1.82) is 0 Å². The normalized spacial score (nSPS) is 10.1. The minimum Gasteiger partial charge on any atom is -0.353 e. The first kappa shape index (κ1) is 11.4. The molecule has 0 bridgehead atoms. The molecule has 0 aliphatic heterocycles. The summed E-state index contributed by atoms with van der Waals surface area (Å²) in [4.78, 5) is 12.1. The molecule has 0 aliphatic carbocycles. The van der Waals surface area contributed by atoms with Crippen molar-refractivity contribution in [1.82, 2.24) is 4.57 Å². The number of rotatable bonds is 5. The van der Waals surface area contributed by atoms with Crippen LogP contribution >= 0.6 is 0 Å². The number of benzene rings is 1. The lowest BCUT2D eigenvalue weighted by Crippen LogP contribution is -2.00. The SMILES string of the molecule is C=CCCn1ccc(C(=O)c2ccccc2)c1. The Morgan fingerprint density at radius 1 is 1.18 bits per heavy atom. The van der Waals surface area contributed by atoms with Gasteiger partial charge in [-0.05, 0) is 12.5 Å². The molecule has 1 aromatic heterocycles. The number of carbonyl (C=O) groups is 1. The van der Waals surface area contributed by atoms with E-state index >= 15 is 0 Å². The second-order valence-corrected chi connectivity index (χ2v) is 3.91. The molecule has 0 unspecified atom stereocenters. The average molecular weight is 225 g/mol. The standard InChI is InChI=1S/C15H15NO/c1-2-3-10-16-11-9-14(12-16)15(17)13-7-5-4-6-8-13/h2,4-9,11-12H,1,3,10H2. The van der Waals surface area contributed by atoms with Crippen molar-refractivity contribution in [2.75, 3.05) is 0 Å². The van der Waals surface area contributed by atoms with Gasteiger partial charge in [-0.25, -0.2) is 0 Å². The van der Waals surface area contributed by atoms with Gasteiger partial charge in [0.2, 0.25) is 0 Å². The third-order valence-electron chi connectivity index (χ3n) is 2.64. The zero-order chi connectivity index (χ0) is 12.1. The van der Waals surface area contributed by atoms with E-state index < -0.39 is 0 Å². The number of hydrogen-bond donors (Lipinski definition) is 0. The lowest BCUT2D eigenvalue weighted by molar-refractivity contribution is 0.103. The zero-order valence-electron chi connectivity index (χ0n) is 9.67. The number of hydrogen-bond acceptors (Lipinski definition) is 1. The van der Waals surface area contributed by atoms with Gasteiger partial charge in [0.25, 0.3) is 0 Å². The molecule has 86 valence electrons. The minimum atomic E-state index is 0.0722. The van der Waals surface area contributed by atoms with E-state index in [1.807, 2.05) is 59.4 Å². The summed E-state index contributed by atoms with van der Waals surface area (Å²) in [6.07, 6.45) is 6.60. The Hall–Kier alpha value is -2.09. The van der Waals surface area contributed by atoms with Crippen molar-refractivity contribution in [3.63, 3.8) is 0 Å². The first-order valence-electron chi connectivity index (χ1n) is 5.67. The minimum absolute atomic E-state index is 0.0722. The number of allylic oxidation sites excluding steroid dienone is 1. The van der Waals surface area contributed by atoms with Crippen LogP contribution < -0.4 is 0 Å². The summed E-state index contributed by atoms with van der Waals surface area (Å²) < 4.78 is 2.01. The van der Waals surface area contributed by atoms with Crippen molar-refractivity contribution in [2.45, 2.75) is 13.0 Å². The predicted molar refractivity (Wildman–Crippen MR) is 69.1 cm³/mol. The van der Waals surface area contributed by atoms with Gasteiger partial charge in [0.1, 0.15) is 0 Å². The molecule has 0 saturated heterocycles. The average Bonchev–Trinajstić information content (AvgIpc) is 2.85. The summed E-state index contributed by atoms with van der Waals surface area (Å²) in [6.45, 7) is 4.55. The van der Waals surface area contributed by atoms with Crippen LogP contribution in [0.2, 0.25) is 0 Å². The monoisotopic (exact) mass is 225 g/mol. The highest BCUT2D eigenvalue weighted by Crippen LogP contribution is 2.10. The largest absolute Gasteiger partial charge is 0.353 e. The van der Waals surface area contributed by atoms with E-state index in [0.29, 0.717) is 0 Å². The van der Waals surface area contributed by atoms with Gasteiger partial charge < -0.3 is 4.57 Å². The highest BCUT2D eigenvalue weighted by atomic mass is 16.1. The van der Waals surface area contributed by atoms with Crippen LogP contribution in [0.3, 0.4) is 0 Å². The van der Waals surface area contributed by atoms with Crippen molar-refractivity contribution in [2.24, 2.45) is 0 Å². The summed E-state index contributed by atoms with van der Waals surface area (Å²) in [5.41, 5.74) is 1.47. The topological polar surface area (TPSA) is 22.0 Å². The summed E-state index contributed by atoms with van der Waals surface area (Å²) in [5.74, 6) is 0.0722. The highest BCUT2D eigenvalue weighted by molar-refractivity contribution is 6.08. The third-order valence-corrected chi connectivity index (χ3v) is 2.64. The predicted octanol–water partition coefficient (Wildman–Crippen LogP) is 3.30. The van der Waals surface area contributed by atoms with Crippen LogP contribution in [0.4, 0.5) is 0 Å². The molecule has 1 aromatic carbocycles. The molecule has 2 heteroatoms. The van der Waals surface area contributed by atoms with Crippen molar-refractivity contribution in [3.05, 3.63) is 72.6 Å². The fourth-order valence-electron chi connectivity index (χ4n) is 1.71. The summed E-state index contributed by atoms with van der Waals surface area (Å²) in [5, 5.41) is 0. The van der Waals surface area contributed by atoms with Crippen LogP contribution in [0.5, 0.6) is 0 Å². The van der Waals surface area contributed by atoms with Gasteiger partial charge in [-0.2, -0.15) is 0 Å². The van der Waals surface area contributed by atoms with Crippen LogP contribution in [0.15, 0.2) is 61.4 Å². The lowest BCUT2D eigenvalue weighted by atomic mass is 10.1. The van der Waals surface area contributed by atoms with E-state index in [-0.39, 0.29) is 5.78 Å². The number of aromatic nitrogens is 1. The molecular formula is C15H15NO. The summed E-state index contributed by atoms with van der Waals surface area (Å²) in [7, 11) is 0. The first-order chi connectivity index (χ1) is 8.31. The van der Waals surface area contributed by atoms with Crippen molar-refractivity contribution >= 4 is 5.78 Å². The van der Waals surface area contributed by atoms with Gasteiger partial charge in [0.05, 0.1) is 0 Å². The van der Waals surface area contributed by atoms with Crippen molar-refractivity contribution < 1.29 is 4.79 Å². The number of ketones is 1. The molecule has 0 fully saturated rings. The maximum atomic E-state index is 12.1. The van der Waals surface area contributed by atoms with E-state index in [9.17, 15) is 4.79 Å². The second-order valence-electron chi connectivity index (χ2n) is 3.91. The molecule has 0 radical (unpaired) electrons. The Kier molecular flexibility index (Phi) is 3.55. The van der Waals surface area contributed by atoms with Gasteiger partial charge in [0.15, 0.2) is 5.78 Å². The van der Waals surface area contributed by atoms with E-state index in [1.165, 1.54) is 0 Å². The Morgan fingerprint density at radius 3 is 2.65 bits per heavy atom. The van der Waals surface area contributed by atoms with Crippen LogP contribution in [-0.2, 0) is 6.54 Å². The van der Waals surface area contributed by atoms with Gasteiger partial charge in [-0.15, -0.1) is 6.58 Å². The molecule has 0 N–H and O–H groups in total. The smallest absolute Gasteiger partial charge is 0.194 e. The Labute approximate surface area is 101 Å². The van der Waals surface area contributed by atoms with E-state index in [2.05, 4.69) is 6.58 Å². The molecular weight excluding hydrogens is 210 g/mol. The van der Waals surface area contributed by atoms with Gasteiger partial charge in [0, 0.05) is 30.1 Å². The first-order valence-corrected chi connectivity index (χ1v) is 5.67. The van der Waals surface area contributed by atoms with Gasteiger partial charge in [-0.1, -0.05) is 36.4 Å². The zero-order valence-corrected chi connectivity index (χ0v) is 9.67. The maximum Gasteiger partial charge on any atom is 0.194 e. The van der Waals surface area contributed by atoms with Crippen LogP contribution in [-0.4, -0.2) is 10.4 Å². The molecule has 2 aromatic rings. The molecule has 0 saturated carbocycles. The highest BCUT2D eigenvalue weighted by Gasteiger charge is 2.09. The number of nitrogens with zero attached hydrogens (tertiary/aromatic N) is 1.